The summed E-state index contributed by atoms with van der Waals surface area (Å²) in [5.74, 6) is 0.539. The first-order chi connectivity index (χ1) is 11.1. The molecule has 1 aliphatic rings. The number of ether oxygens (including phenoxy) is 1. The van der Waals surface area contributed by atoms with Crippen molar-refractivity contribution in [2.24, 2.45) is 0 Å². The first-order valence-corrected chi connectivity index (χ1v) is 7.68. The van der Waals surface area contributed by atoms with Gasteiger partial charge in [0.05, 0.1) is 11.6 Å². The summed E-state index contributed by atoms with van der Waals surface area (Å²) in [5.41, 5.74) is 2.73. The number of nitrogens with zero attached hydrogens (tertiary/aromatic N) is 2. The molecule has 0 saturated heterocycles. The molecule has 0 bridgehead atoms. The summed E-state index contributed by atoms with van der Waals surface area (Å²) in [4.78, 5) is 14.6. The van der Waals surface area contributed by atoms with Gasteiger partial charge in [-0.3, -0.25) is 4.79 Å². The van der Waals surface area contributed by atoms with Crippen LogP contribution < -0.4 is 9.64 Å². The minimum atomic E-state index is -0.587. The zero-order chi connectivity index (χ0) is 16.4. The van der Waals surface area contributed by atoms with E-state index in [4.69, 9.17) is 10.00 Å². The van der Waals surface area contributed by atoms with Crippen LogP contribution in [0.5, 0.6) is 5.75 Å². The van der Waals surface area contributed by atoms with E-state index in [2.05, 4.69) is 12.1 Å². The van der Waals surface area contributed by atoms with Crippen LogP contribution in [-0.4, -0.2) is 18.1 Å². The number of amides is 1. The topological polar surface area (TPSA) is 53.3 Å². The second kappa shape index (κ2) is 6.13. The van der Waals surface area contributed by atoms with E-state index in [1.54, 1.807) is 31.2 Å². The summed E-state index contributed by atoms with van der Waals surface area (Å²) < 4.78 is 5.75. The van der Waals surface area contributed by atoms with Gasteiger partial charge < -0.3 is 9.64 Å². The van der Waals surface area contributed by atoms with Gasteiger partial charge in [0, 0.05) is 11.7 Å². The number of hydrogen-bond donors (Lipinski definition) is 0. The molecule has 2 atom stereocenters. The second-order valence-corrected chi connectivity index (χ2v) is 5.79. The van der Waals surface area contributed by atoms with Crippen LogP contribution in [0.3, 0.4) is 0 Å². The molecule has 0 aliphatic carbocycles. The van der Waals surface area contributed by atoms with Gasteiger partial charge in [-0.2, -0.15) is 5.26 Å². The van der Waals surface area contributed by atoms with Gasteiger partial charge in [-0.1, -0.05) is 18.2 Å². The van der Waals surface area contributed by atoms with E-state index < -0.39 is 6.10 Å². The van der Waals surface area contributed by atoms with E-state index in [9.17, 15) is 4.79 Å². The van der Waals surface area contributed by atoms with Crippen molar-refractivity contribution in [2.45, 2.75) is 32.4 Å². The minimum Gasteiger partial charge on any atom is -0.481 e. The van der Waals surface area contributed by atoms with Gasteiger partial charge in [0.2, 0.25) is 0 Å². The van der Waals surface area contributed by atoms with Crippen molar-refractivity contribution in [3.8, 4) is 11.8 Å². The van der Waals surface area contributed by atoms with Gasteiger partial charge in [-0.25, -0.2) is 0 Å². The lowest BCUT2D eigenvalue weighted by Gasteiger charge is -2.26. The Hall–Kier alpha value is -2.80. The van der Waals surface area contributed by atoms with Crippen LogP contribution in [0.25, 0.3) is 0 Å². The highest BCUT2D eigenvalue weighted by Gasteiger charge is 2.33. The molecule has 23 heavy (non-hydrogen) atoms. The number of para-hydroxylation sites is 1. The predicted molar refractivity (Wildman–Crippen MR) is 88.3 cm³/mol. The minimum absolute atomic E-state index is 0.0493. The third-order valence-corrected chi connectivity index (χ3v) is 4.09. The van der Waals surface area contributed by atoms with Gasteiger partial charge in [0.25, 0.3) is 5.91 Å². The van der Waals surface area contributed by atoms with Crippen molar-refractivity contribution in [3.05, 3.63) is 59.7 Å². The highest BCUT2D eigenvalue weighted by Crippen LogP contribution is 2.32. The third kappa shape index (κ3) is 2.91. The van der Waals surface area contributed by atoms with Crippen molar-refractivity contribution in [2.75, 3.05) is 4.90 Å². The molecule has 2 aromatic rings. The third-order valence-electron chi connectivity index (χ3n) is 4.09. The molecular weight excluding hydrogens is 288 g/mol. The number of rotatable bonds is 3. The van der Waals surface area contributed by atoms with E-state index in [-0.39, 0.29) is 11.9 Å². The molecule has 0 radical (unpaired) electrons. The molecule has 1 heterocycles. The fraction of sp³-hybridized carbons (Fsp3) is 0.263. The smallest absolute Gasteiger partial charge is 0.268 e. The molecule has 0 aromatic heterocycles. The molecule has 4 nitrogen and oxygen atoms in total. The predicted octanol–water partition coefficient (Wildman–Crippen LogP) is 3.30. The number of hydrogen-bond acceptors (Lipinski definition) is 3. The highest BCUT2D eigenvalue weighted by molar-refractivity contribution is 5.99. The first kappa shape index (κ1) is 15.1. The van der Waals surface area contributed by atoms with E-state index in [0.29, 0.717) is 11.3 Å². The van der Waals surface area contributed by atoms with Crippen molar-refractivity contribution >= 4 is 11.6 Å². The van der Waals surface area contributed by atoms with Gasteiger partial charge in [-0.05, 0) is 56.2 Å². The molecule has 3 rings (SSSR count). The number of anilines is 1. The standard InChI is InChI=1S/C19H18N2O2/c1-13-11-16-5-3-4-6-18(16)21(13)19(22)14(2)23-17-9-7-15(12-20)8-10-17/h3-10,13-14H,11H2,1-2H3/t13-,14-/m0/s1. The average molecular weight is 306 g/mol. The van der Waals surface area contributed by atoms with E-state index in [1.807, 2.05) is 30.0 Å². The zero-order valence-electron chi connectivity index (χ0n) is 13.2. The highest BCUT2D eigenvalue weighted by atomic mass is 16.5. The Morgan fingerprint density at radius 2 is 1.96 bits per heavy atom. The molecular formula is C19H18N2O2. The maximum atomic E-state index is 12.8. The maximum absolute atomic E-state index is 12.8. The van der Waals surface area contributed by atoms with Crippen molar-refractivity contribution in [1.82, 2.24) is 0 Å². The van der Waals surface area contributed by atoms with Crippen LogP contribution in [0.15, 0.2) is 48.5 Å². The van der Waals surface area contributed by atoms with Crippen LogP contribution >= 0.6 is 0 Å². The summed E-state index contributed by atoms with van der Waals surface area (Å²) in [6.07, 6.45) is 0.280. The molecule has 2 aromatic carbocycles. The Morgan fingerprint density at radius 1 is 1.26 bits per heavy atom. The van der Waals surface area contributed by atoms with E-state index >= 15 is 0 Å². The molecule has 0 unspecified atom stereocenters. The Kier molecular flexibility index (Phi) is 4.03. The van der Waals surface area contributed by atoms with Crippen LogP contribution in [0, 0.1) is 11.3 Å². The average Bonchev–Trinajstić information content (AvgIpc) is 2.90. The SMILES string of the molecule is C[C@H](Oc1ccc(C#N)cc1)C(=O)N1c2ccccc2C[C@@H]1C. The van der Waals surface area contributed by atoms with Gasteiger partial charge in [-0.15, -0.1) is 0 Å². The van der Waals surface area contributed by atoms with Gasteiger partial charge in [0.15, 0.2) is 6.10 Å². The summed E-state index contributed by atoms with van der Waals surface area (Å²) in [6, 6.07) is 17.0. The first-order valence-electron chi connectivity index (χ1n) is 7.68. The monoisotopic (exact) mass is 306 g/mol. The summed E-state index contributed by atoms with van der Waals surface area (Å²) in [5, 5.41) is 8.81. The van der Waals surface area contributed by atoms with Crippen molar-refractivity contribution < 1.29 is 9.53 Å². The number of carbonyl (C=O) groups excluding carboxylic acids is 1. The molecule has 116 valence electrons. The summed E-state index contributed by atoms with van der Waals surface area (Å²) >= 11 is 0. The quantitative estimate of drug-likeness (QED) is 0.874. The normalized spacial score (nSPS) is 17.3. The van der Waals surface area contributed by atoms with Gasteiger partial charge in [0.1, 0.15) is 5.75 Å². The fourth-order valence-electron chi connectivity index (χ4n) is 2.96. The molecule has 1 aliphatic heterocycles. The Labute approximate surface area is 135 Å². The maximum Gasteiger partial charge on any atom is 0.268 e. The lowest BCUT2D eigenvalue weighted by atomic mass is 10.1. The molecule has 0 N–H and O–H groups in total. The van der Waals surface area contributed by atoms with Gasteiger partial charge >= 0.3 is 0 Å². The van der Waals surface area contributed by atoms with Crippen LogP contribution in [0.4, 0.5) is 5.69 Å². The molecule has 4 heteroatoms. The number of benzene rings is 2. The van der Waals surface area contributed by atoms with Crippen molar-refractivity contribution in [3.63, 3.8) is 0 Å². The Morgan fingerprint density at radius 3 is 2.65 bits per heavy atom. The van der Waals surface area contributed by atoms with E-state index in [1.165, 1.54) is 5.56 Å². The summed E-state index contributed by atoms with van der Waals surface area (Å²) in [6.45, 7) is 3.81. The lowest BCUT2D eigenvalue weighted by molar-refractivity contribution is -0.124. The van der Waals surface area contributed by atoms with Crippen LogP contribution in [-0.2, 0) is 11.2 Å². The Balaban J connectivity index is 1.76. The summed E-state index contributed by atoms with van der Waals surface area (Å²) in [7, 11) is 0. The fourth-order valence-corrected chi connectivity index (χ4v) is 2.96. The second-order valence-electron chi connectivity index (χ2n) is 5.79. The molecule has 1 amide bonds. The lowest BCUT2D eigenvalue weighted by Crippen LogP contribution is -2.43. The number of nitriles is 1. The molecule has 0 fully saturated rings. The van der Waals surface area contributed by atoms with E-state index in [0.717, 1.165) is 12.1 Å². The van der Waals surface area contributed by atoms with Crippen LogP contribution in [0.1, 0.15) is 25.0 Å². The number of carbonyl (C=O) groups is 1. The van der Waals surface area contributed by atoms with Crippen molar-refractivity contribution in [1.29, 1.82) is 5.26 Å². The largest absolute Gasteiger partial charge is 0.481 e. The molecule has 0 saturated carbocycles. The van der Waals surface area contributed by atoms with Crippen LogP contribution in [0.2, 0.25) is 0 Å². The zero-order valence-corrected chi connectivity index (χ0v) is 13.2. The molecule has 0 spiro atoms. The number of fused-ring (bicyclic) bond motifs is 1. The Bertz CT molecular complexity index is 762.